The Morgan fingerprint density at radius 1 is 1.16 bits per heavy atom. The number of halogens is 4. The molecule has 1 heterocycles. The molecule has 0 bridgehead atoms. The number of fused-ring (bicyclic) bond motifs is 1. The summed E-state index contributed by atoms with van der Waals surface area (Å²) in [6, 6.07) is 10.8. The van der Waals surface area contributed by atoms with E-state index in [1.165, 1.54) is 18.2 Å². The van der Waals surface area contributed by atoms with Gasteiger partial charge in [0.1, 0.15) is 5.56 Å². The first-order chi connectivity index (χ1) is 14.3. The van der Waals surface area contributed by atoms with E-state index in [1.54, 1.807) is 24.3 Å². The van der Waals surface area contributed by atoms with Gasteiger partial charge in [0.05, 0.1) is 5.52 Å². The standard InChI is InChI=1S/C20H15ClF3NO5S/c1-10(2)11-4-3-5-12(8-11)16-14-9-13(21)6-7-15(14)25-18(17(16)19(26)27)30-31(28,29)20(22,23)24/h3-10H,1-2H3,(H,26,27). The predicted octanol–water partition coefficient (Wildman–Crippen LogP) is 5.61. The van der Waals surface area contributed by atoms with Gasteiger partial charge in [0.25, 0.3) is 0 Å². The van der Waals surface area contributed by atoms with Gasteiger partial charge in [-0.1, -0.05) is 49.7 Å². The maximum absolute atomic E-state index is 12.9. The third kappa shape index (κ3) is 4.45. The second kappa shape index (κ2) is 8.01. The van der Waals surface area contributed by atoms with Crippen molar-refractivity contribution in [3.05, 3.63) is 58.6 Å². The Labute approximate surface area is 180 Å². The van der Waals surface area contributed by atoms with Crippen LogP contribution in [0.15, 0.2) is 42.5 Å². The Hall–Kier alpha value is -2.85. The fourth-order valence-electron chi connectivity index (χ4n) is 2.98. The zero-order chi connectivity index (χ0) is 23.1. The Morgan fingerprint density at radius 2 is 1.84 bits per heavy atom. The van der Waals surface area contributed by atoms with Gasteiger partial charge in [0, 0.05) is 16.0 Å². The van der Waals surface area contributed by atoms with Crippen molar-refractivity contribution in [3.8, 4) is 17.0 Å². The predicted molar refractivity (Wildman–Crippen MR) is 109 cm³/mol. The highest BCUT2D eigenvalue weighted by molar-refractivity contribution is 7.88. The number of hydrogen-bond donors (Lipinski definition) is 1. The van der Waals surface area contributed by atoms with Crippen LogP contribution in [-0.2, 0) is 10.1 Å². The van der Waals surface area contributed by atoms with Crippen molar-refractivity contribution < 1.29 is 35.7 Å². The molecule has 1 aromatic heterocycles. The molecule has 1 N–H and O–H groups in total. The Balaban J connectivity index is 2.43. The number of carbonyl (C=O) groups is 1. The molecule has 0 saturated heterocycles. The third-order valence-corrected chi connectivity index (χ3v) is 5.62. The average molecular weight is 474 g/mol. The van der Waals surface area contributed by atoms with Crippen molar-refractivity contribution in [2.75, 3.05) is 0 Å². The first kappa shape index (κ1) is 22.8. The molecular weight excluding hydrogens is 459 g/mol. The Kier molecular flexibility index (Phi) is 5.90. The molecule has 0 radical (unpaired) electrons. The molecule has 2 aromatic carbocycles. The summed E-state index contributed by atoms with van der Waals surface area (Å²) >= 11 is 6.05. The summed E-state index contributed by atoms with van der Waals surface area (Å²) in [5.74, 6) is -2.84. The molecular formula is C20H15ClF3NO5S. The minimum atomic E-state index is -6.16. The van der Waals surface area contributed by atoms with Gasteiger partial charge in [-0.15, -0.1) is 0 Å². The molecule has 3 aromatic rings. The summed E-state index contributed by atoms with van der Waals surface area (Å²) in [7, 11) is -6.16. The molecule has 0 aliphatic carbocycles. The minimum Gasteiger partial charge on any atom is -0.477 e. The fourth-order valence-corrected chi connectivity index (χ4v) is 3.57. The lowest BCUT2D eigenvalue weighted by Gasteiger charge is -2.17. The number of carboxylic acid groups (broad SMARTS) is 1. The van der Waals surface area contributed by atoms with Gasteiger partial charge in [0.2, 0.25) is 5.88 Å². The zero-order valence-corrected chi connectivity index (χ0v) is 17.6. The summed E-state index contributed by atoms with van der Waals surface area (Å²) in [6.45, 7) is 3.81. The summed E-state index contributed by atoms with van der Waals surface area (Å²) < 4.78 is 65.9. The molecule has 0 atom stereocenters. The zero-order valence-electron chi connectivity index (χ0n) is 16.1. The number of rotatable bonds is 5. The van der Waals surface area contributed by atoms with Crippen LogP contribution in [0, 0.1) is 0 Å². The van der Waals surface area contributed by atoms with Crippen LogP contribution < -0.4 is 4.18 Å². The van der Waals surface area contributed by atoms with Crippen molar-refractivity contribution in [3.63, 3.8) is 0 Å². The van der Waals surface area contributed by atoms with Gasteiger partial charge in [-0.3, -0.25) is 0 Å². The van der Waals surface area contributed by atoms with E-state index in [9.17, 15) is 31.5 Å². The molecule has 0 fully saturated rings. The van der Waals surface area contributed by atoms with Crippen molar-refractivity contribution in [2.45, 2.75) is 25.3 Å². The molecule has 0 saturated carbocycles. The van der Waals surface area contributed by atoms with Crippen LogP contribution in [0.4, 0.5) is 13.2 Å². The molecule has 11 heteroatoms. The summed E-state index contributed by atoms with van der Waals surface area (Å²) in [5, 5.41) is 10.2. The molecule has 0 amide bonds. The monoisotopic (exact) mass is 473 g/mol. The van der Waals surface area contributed by atoms with Crippen molar-refractivity contribution in [1.82, 2.24) is 4.98 Å². The van der Waals surface area contributed by atoms with E-state index >= 15 is 0 Å². The van der Waals surface area contributed by atoms with Crippen molar-refractivity contribution in [2.24, 2.45) is 0 Å². The minimum absolute atomic E-state index is 0.00623. The number of aromatic nitrogens is 1. The van der Waals surface area contributed by atoms with Crippen LogP contribution in [0.2, 0.25) is 5.02 Å². The number of aromatic carboxylic acids is 1. The molecule has 0 aliphatic rings. The van der Waals surface area contributed by atoms with Gasteiger partial charge >= 0.3 is 21.6 Å². The largest absolute Gasteiger partial charge is 0.534 e. The molecule has 0 aliphatic heterocycles. The molecule has 0 spiro atoms. The maximum Gasteiger partial charge on any atom is 0.534 e. The van der Waals surface area contributed by atoms with E-state index < -0.39 is 33.0 Å². The van der Waals surface area contributed by atoms with Crippen molar-refractivity contribution in [1.29, 1.82) is 0 Å². The quantitative estimate of drug-likeness (QED) is 0.382. The van der Waals surface area contributed by atoms with Gasteiger partial charge < -0.3 is 9.29 Å². The highest BCUT2D eigenvalue weighted by atomic mass is 35.5. The number of alkyl halides is 3. The summed E-state index contributed by atoms with van der Waals surface area (Å²) in [4.78, 5) is 15.8. The van der Waals surface area contributed by atoms with Crippen LogP contribution in [0.1, 0.15) is 35.7 Å². The number of benzene rings is 2. The highest BCUT2D eigenvalue weighted by Crippen LogP contribution is 2.39. The normalized spacial score (nSPS) is 12.4. The number of nitrogens with zero attached hydrogens (tertiary/aromatic N) is 1. The number of hydrogen-bond acceptors (Lipinski definition) is 5. The molecule has 31 heavy (non-hydrogen) atoms. The number of pyridine rings is 1. The lowest BCUT2D eigenvalue weighted by atomic mass is 9.92. The smallest absolute Gasteiger partial charge is 0.477 e. The van der Waals surface area contributed by atoms with Gasteiger partial charge in [-0.25, -0.2) is 9.78 Å². The van der Waals surface area contributed by atoms with E-state index in [1.807, 2.05) is 13.8 Å². The SMILES string of the molecule is CC(C)c1cccc(-c2c(C(=O)O)c(OS(=O)(=O)C(F)(F)F)nc3ccc(Cl)cc23)c1. The first-order valence-electron chi connectivity index (χ1n) is 8.79. The third-order valence-electron chi connectivity index (χ3n) is 4.44. The number of carboxylic acids is 1. The molecule has 164 valence electrons. The summed E-state index contributed by atoms with van der Waals surface area (Å²) in [6.07, 6.45) is 0. The van der Waals surface area contributed by atoms with E-state index in [2.05, 4.69) is 9.17 Å². The lowest BCUT2D eigenvalue weighted by molar-refractivity contribution is -0.0501. The van der Waals surface area contributed by atoms with Crippen LogP contribution in [0.5, 0.6) is 5.88 Å². The second-order valence-electron chi connectivity index (χ2n) is 6.90. The molecule has 6 nitrogen and oxygen atoms in total. The van der Waals surface area contributed by atoms with Gasteiger partial charge in [-0.2, -0.15) is 21.6 Å². The first-order valence-corrected chi connectivity index (χ1v) is 10.6. The van der Waals surface area contributed by atoms with E-state index in [-0.39, 0.29) is 27.4 Å². The van der Waals surface area contributed by atoms with Gasteiger partial charge in [0.15, 0.2) is 0 Å². The van der Waals surface area contributed by atoms with E-state index in [0.717, 1.165) is 5.56 Å². The Morgan fingerprint density at radius 3 is 2.42 bits per heavy atom. The van der Waals surface area contributed by atoms with Crippen molar-refractivity contribution >= 4 is 38.6 Å². The lowest BCUT2D eigenvalue weighted by Crippen LogP contribution is -2.29. The van der Waals surface area contributed by atoms with Crippen LogP contribution in [0.25, 0.3) is 22.0 Å². The Bertz CT molecular complexity index is 1290. The summed E-state index contributed by atoms with van der Waals surface area (Å²) in [5.41, 5.74) is -5.50. The van der Waals surface area contributed by atoms with Crippen LogP contribution in [0.3, 0.4) is 0 Å². The van der Waals surface area contributed by atoms with Crippen LogP contribution in [-0.4, -0.2) is 30.0 Å². The van der Waals surface area contributed by atoms with Gasteiger partial charge in [-0.05, 0) is 35.2 Å². The fraction of sp³-hybridized carbons (Fsp3) is 0.200. The maximum atomic E-state index is 12.9. The van der Waals surface area contributed by atoms with Crippen LogP contribution >= 0.6 is 11.6 Å². The highest BCUT2D eigenvalue weighted by Gasteiger charge is 2.49. The second-order valence-corrected chi connectivity index (χ2v) is 8.87. The molecule has 0 unspecified atom stereocenters. The van der Waals surface area contributed by atoms with E-state index in [4.69, 9.17) is 11.6 Å². The van der Waals surface area contributed by atoms with E-state index in [0.29, 0.717) is 5.56 Å². The average Bonchev–Trinajstić information content (AvgIpc) is 2.66. The molecule has 3 rings (SSSR count). The topological polar surface area (TPSA) is 93.6 Å².